The average Bonchev–Trinajstić information content (AvgIpc) is 2.67. The van der Waals surface area contributed by atoms with Crippen LogP contribution in [0.1, 0.15) is 19.4 Å². The van der Waals surface area contributed by atoms with Gasteiger partial charge in [-0.05, 0) is 50.2 Å². The smallest absolute Gasteiger partial charge is 0.240 e. The summed E-state index contributed by atoms with van der Waals surface area (Å²) in [7, 11) is -3.66. The van der Waals surface area contributed by atoms with Crippen LogP contribution in [0.3, 0.4) is 0 Å². The van der Waals surface area contributed by atoms with Crippen molar-refractivity contribution in [1.29, 1.82) is 0 Å². The quantitative estimate of drug-likeness (QED) is 0.482. The maximum Gasteiger partial charge on any atom is 0.240 e. The maximum absolute atomic E-state index is 13.8. The molecule has 0 fully saturated rings. The Morgan fingerprint density at radius 1 is 1.23 bits per heavy atom. The molecule has 2 aromatic rings. The van der Waals surface area contributed by atoms with Gasteiger partial charge in [-0.3, -0.25) is 9.10 Å². The summed E-state index contributed by atoms with van der Waals surface area (Å²) in [6, 6.07) is 11.0. The molecule has 10 heteroatoms. The van der Waals surface area contributed by atoms with Gasteiger partial charge in [0.2, 0.25) is 15.9 Å². The summed E-state index contributed by atoms with van der Waals surface area (Å²) in [6.45, 7) is 3.76. The largest absolute Gasteiger partial charge is 0.491 e. The van der Waals surface area contributed by atoms with Crippen molar-refractivity contribution in [2.75, 3.05) is 29.4 Å². The van der Waals surface area contributed by atoms with Crippen LogP contribution in [0, 0.1) is 5.82 Å². The SMILES string of the molecule is CC(C)Oc1ccc(N(CC(=O)NCCSCc2c(F)cccc2Cl)S(C)(=O)=O)cc1. The summed E-state index contributed by atoms with van der Waals surface area (Å²) in [5, 5.41) is 3.06. The number of hydrogen-bond acceptors (Lipinski definition) is 5. The molecule has 0 atom stereocenters. The van der Waals surface area contributed by atoms with Crippen LogP contribution in [0.2, 0.25) is 5.02 Å². The number of carbonyl (C=O) groups excluding carboxylic acids is 1. The van der Waals surface area contributed by atoms with E-state index in [0.717, 1.165) is 10.6 Å². The molecule has 1 N–H and O–H groups in total. The Morgan fingerprint density at radius 2 is 1.90 bits per heavy atom. The van der Waals surface area contributed by atoms with E-state index in [1.807, 2.05) is 13.8 Å². The van der Waals surface area contributed by atoms with Gasteiger partial charge in [-0.25, -0.2) is 12.8 Å². The zero-order valence-corrected chi connectivity index (χ0v) is 20.0. The second-order valence-electron chi connectivity index (χ2n) is 7.03. The van der Waals surface area contributed by atoms with Crippen LogP contribution in [0.25, 0.3) is 0 Å². The van der Waals surface area contributed by atoms with Crippen molar-refractivity contribution in [2.24, 2.45) is 0 Å². The molecule has 0 aliphatic carbocycles. The molecule has 0 spiro atoms. The van der Waals surface area contributed by atoms with Gasteiger partial charge in [-0.2, -0.15) is 11.8 Å². The number of amides is 1. The van der Waals surface area contributed by atoms with Gasteiger partial charge in [0.1, 0.15) is 18.1 Å². The monoisotopic (exact) mass is 488 g/mol. The first-order valence-corrected chi connectivity index (χ1v) is 13.0. The maximum atomic E-state index is 13.8. The standard InChI is InChI=1S/C21H26ClFN2O4S2/c1-15(2)29-17-9-7-16(8-10-17)25(31(3,27)28)13-21(26)24-11-12-30-14-18-19(22)5-4-6-20(18)23/h4-10,15H,11-14H2,1-3H3,(H,24,26). The van der Waals surface area contributed by atoms with Gasteiger partial charge in [0.05, 0.1) is 18.0 Å². The summed E-state index contributed by atoms with van der Waals surface area (Å²) in [6.07, 6.45) is 1.04. The minimum atomic E-state index is -3.66. The van der Waals surface area contributed by atoms with E-state index in [-0.39, 0.29) is 18.5 Å². The number of ether oxygens (including phenoxy) is 1. The zero-order chi connectivity index (χ0) is 23.0. The molecule has 6 nitrogen and oxygen atoms in total. The number of sulfonamides is 1. The Kier molecular flexibility index (Phi) is 9.46. The number of halogens is 2. The molecule has 31 heavy (non-hydrogen) atoms. The molecule has 0 radical (unpaired) electrons. The van der Waals surface area contributed by atoms with Crippen molar-refractivity contribution >= 4 is 45.0 Å². The van der Waals surface area contributed by atoms with Gasteiger partial charge in [0, 0.05) is 28.6 Å². The molecule has 0 aliphatic rings. The van der Waals surface area contributed by atoms with Crippen molar-refractivity contribution in [3.63, 3.8) is 0 Å². The van der Waals surface area contributed by atoms with E-state index in [2.05, 4.69) is 5.32 Å². The van der Waals surface area contributed by atoms with Gasteiger partial charge in [0.15, 0.2) is 0 Å². The normalized spacial score (nSPS) is 11.4. The van der Waals surface area contributed by atoms with Gasteiger partial charge < -0.3 is 10.1 Å². The van der Waals surface area contributed by atoms with E-state index in [1.54, 1.807) is 36.4 Å². The van der Waals surface area contributed by atoms with Crippen molar-refractivity contribution in [1.82, 2.24) is 5.32 Å². The van der Waals surface area contributed by atoms with E-state index < -0.39 is 15.9 Å². The number of nitrogens with one attached hydrogen (secondary N) is 1. The molecule has 2 rings (SSSR count). The van der Waals surface area contributed by atoms with E-state index in [9.17, 15) is 17.6 Å². The highest BCUT2D eigenvalue weighted by molar-refractivity contribution is 7.98. The third-order valence-corrected chi connectivity index (χ3v) is 6.54. The van der Waals surface area contributed by atoms with Crippen molar-refractivity contribution in [3.8, 4) is 5.75 Å². The predicted octanol–water partition coefficient (Wildman–Crippen LogP) is 4.08. The lowest BCUT2D eigenvalue weighted by Crippen LogP contribution is -2.41. The summed E-state index contributed by atoms with van der Waals surface area (Å²) in [5.74, 6) is 0.719. The van der Waals surface area contributed by atoms with E-state index in [4.69, 9.17) is 16.3 Å². The van der Waals surface area contributed by atoms with E-state index in [0.29, 0.717) is 40.1 Å². The number of rotatable bonds is 11. The second-order valence-corrected chi connectivity index (χ2v) is 10.5. The van der Waals surface area contributed by atoms with Crippen LogP contribution in [0.4, 0.5) is 10.1 Å². The van der Waals surface area contributed by atoms with Crippen molar-refractivity contribution in [2.45, 2.75) is 25.7 Å². The number of carbonyl (C=O) groups is 1. The third kappa shape index (κ3) is 8.23. The van der Waals surface area contributed by atoms with Crippen LogP contribution in [-0.4, -0.2) is 45.5 Å². The lowest BCUT2D eigenvalue weighted by atomic mass is 10.2. The van der Waals surface area contributed by atoms with Gasteiger partial charge in [0.25, 0.3) is 0 Å². The van der Waals surface area contributed by atoms with Gasteiger partial charge in [-0.15, -0.1) is 0 Å². The summed E-state index contributed by atoms with van der Waals surface area (Å²) >= 11 is 7.41. The molecule has 0 bridgehead atoms. The molecule has 0 saturated carbocycles. The van der Waals surface area contributed by atoms with E-state index in [1.165, 1.54) is 17.8 Å². The average molecular weight is 489 g/mol. The topological polar surface area (TPSA) is 75.7 Å². The Balaban J connectivity index is 1.87. The minimum Gasteiger partial charge on any atom is -0.491 e. The predicted molar refractivity (Wildman–Crippen MR) is 125 cm³/mol. The number of nitrogens with zero attached hydrogens (tertiary/aromatic N) is 1. The van der Waals surface area contributed by atoms with Crippen LogP contribution in [0.5, 0.6) is 5.75 Å². The van der Waals surface area contributed by atoms with E-state index >= 15 is 0 Å². The Hall–Kier alpha value is -1.97. The fourth-order valence-electron chi connectivity index (χ4n) is 2.66. The van der Waals surface area contributed by atoms with Crippen LogP contribution < -0.4 is 14.4 Å². The third-order valence-electron chi connectivity index (χ3n) is 4.06. The zero-order valence-electron chi connectivity index (χ0n) is 17.6. The molecule has 2 aromatic carbocycles. The summed E-state index contributed by atoms with van der Waals surface area (Å²) in [4.78, 5) is 12.3. The lowest BCUT2D eigenvalue weighted by molar-refractivity contribution is -0.119. The number of thioether (sulfide) groups is 1. The Bertz CT molecular complexity index is 965. The summed E-state index contributed by atoms with van der Waals surface area (Å²) in [5.41, 5.74) is 0.797. The molecule has 0 aromatic heterocycles. The second kappa shape index (κ2) is 11.6. The molecular formula is C21H26ClFN2O4S2. The van der Waals surface area contributed by atoms with Crippen molar-refractivity contribution < 1.29 is 22.3 Å². The van der Waals surface area contributed by atoms with Gasteiger partial charge in [-0.1, -0.05) is 17.7 Å². The molecule has 0 heterocycles. The first-order chi connectivity index (χ1) is 14.6. The first-order valence-electron chi connectivity index (χ1n) is 9.59. The molecular weight excluding hydrogens is 463 g/mol. The minimum absolute atomic E-state index is 0.00471. The Labute approximate surface area is 192 Å². The first kappa shape index (κ1) is 25.3. The highest BCUT2D eigenvalue weighted by Crippen LogP contribution is 2.24. The summed E-state index contributed by atoms with van der Waals surface area (Å²) < 4.78 is 44.7. The number of hydrogen-bond donors (Lipinski definition) is 1. The molecule has 0 saturated heterocycles. The van der Waals surface area contributed by atoms with Crippen LogP contribution in [-0.2, 0) is 20.6 Å². The fraction of sp³-hybridized carbons (Fsp3) is 0.381. The van der Waals surface area contributed by atoms with Gasteiger partial charge >= 0.3 is 0 Å². The molecule has 1 amide bonds. The van der Waals surface area contributed by atoms with Crippen LogP contribution >= 0.6 is 23.4 Å². The number of anilines is 1. The highest BCUT2D eigenvalue weighted by atomic mass is 35.5. The molecule has 170 valence electrons. The Morgan fingerprint density at radius 3 is 2.48 bits per heavy atom. The number of benzene rings is 2. The van der Waals surface area contributed by atoms with Crippen LogP contribution in [0.15, 0.2) is 42.5 Å². The van der Waals surface area contributed by atoms with Crippen molar-refractivity contribution in [3.05, 3.63) is 58.9 Å². The lowest BCUT2D eigenvalue weighted by Gasteiger charge is -2.22. The highest BCUT2D eigenvalue weighted by Gasteiger charge is 2.20. The molecule has 0 aliphatic heterocycles. The molecule has 0 unspecified atom stereocenters. The fourth-order valence-corrected chi connectivity index (χ4v) is 4.71.